The van der Waals surface area contributed by atoms with Crippen LogP contribution in [0.3, 0.4) is 0 Å². The molecule has 1 amide bonds. The van der Waals surface area contributed by atoms with E-state index in [2.05, 4.69) is 45.6 Å². The smallest absolute Gasteiger partial charge is 0.444 e. The maximum absolute atomic E-state index is 12.5. The lowest BCUT2D eigenvalue weighted by molar-refractivity contribution is -0.00277. The third-order valence-electron chi connectivity index (χ3n) is 5.86. The van der Waals surface area contributed by atoms with E-state index in [1.807, 2.05) is 25.7 Å². The van der Waals surface area contributed by atoms with E-state index in [1.54, 1.807) is 0 Å². The van der Waals surface area contributed by atoms with Crippen molar-refractivity contribution in [3.8, 4) is 0 Å². The molecule has 7 heteroatoms. The summed E-state index contributed by atoms with van der Waals surface area (Å²) in [6, 6.07) is 0.305. The summed E-state index contributed by atoms with van der Waals surface area (Å²) in [4.78, 5) is 16.8. The largest absolute Gasteiger partial charge is 0.491 e. The number of nitrogens with zero attached hydrogens (tertiary/aromatic N) is 2. The molecule has 0 bridgehead atoms. The minimum atomic E-state index is -0.479. The lowest BCUT2D eigenvalue weighted by Gasteiger charge is -2.42. The molecule has 0 aromatic rings. The number of carbonyl (C=O) groups is 1. The molecule has 2 fully saturated rings. The third kappa shape index (κ3) is 3.66. The zero-order chi connectivity index (χ0) is 19.5. The molecule has 0 saturated carbocycles. The Morgan fingerprint density at radius 2 is 1.77 bits per heavy atom. The highest BCUT2D eigenvalue weighted by Crippen LogP contribution is 2.40. The molecule has 146 valence electrons. The average Bonchev–Trinajstić information content (AvgIpc) is 2.94. The number of fused-ring (bicyclic) bond motifs is 1. The quantitative estimate of drug-likeness (QED) is 0.670. The molecule has 0 aromatic heterocycles. The highest BCUT2D eigenvalue weighted by atomic mass is 16.7. The normalized spacial score (nSPS) is 31.0. The molecular weight excluding hydrogens is 331 g/mol. The Hall–Kier alpha value is -1.05. The first-order chi connectivity index (χ1) is 11.8. The van der Waals surface area contributed by atoms with Gasteiger partial charge in [0.1, 0.15) is 5.60 Å². The molecule has 3 heterocycles. The van der Waals surface area contributed by atoms with Crippen LogP contribution in [-0.4, -0.2) is 71.5 Å². The van der Waals surface area contributed by atoms with E-state index in [1.165, 1.54) is 0 Å². The minimum Gasteiger partial charge on any atom is -0.444 e. The number of ether oxygens (including phenoxy) is 1. The van der Waals surface area contributed by atoms with Gasteiger partial charge in [-0.25, -0.2) is 4.79 Å². The Labute approximate surface area is 158 Å². The average molecular weight is 364 g/mol. The van der Waals surface area contributed by atoms with Crippen LogP contribution < -0.4 is 0 Å². The van der Waals surface area contributed by atoms with Crippen LogP contribution in [-0.2, 0) is 14.0 Å². The van der Waals surface area contributed by atoms with E-state index in [-0.39, 0.29) is 36.5 Å². The topological polar surface area (TPSA) is 51.2 Å². The Morgan fingerprint density at radius 1 is 1.19 bits per heavy atom. The summed E-state index contributed by atoms with van der Waals surface area (Å²) in [7, 11) is -0.309. The number of amides is 1. The van der Waals surface area contributed by atoms with Crippen LogP contribution in [0.5, 0.6) is 0 Å². The molecule has 3 aliphatic heterocycles. The third-order valence-corrected chi connectivity index (χ3v) is 5.86. The van der Waals surface area contributed by atoms with Gasteiger partial charge in [-0.05, 0) is 60.9 Å². The van der Waals surface area contributed by atoms with Gasteiger partial charge in [0.15, 0.2) is 0 Å². The van der Waals surface area contributed by atoms with Gasteiger partial charge < -0.3 is 18.9 Å². The molecule has 2 atom stereocenters. The Morgan fingerprint density at radius 3 is 2.31 bits per heavy atom. The van der Waals surface area contributed by atoms with Gasteiger partial charge in [0, 0.05) is 31.7 Å². The van der Waals surface area contributed by atoms with Crippen molar-refractivity contribution in [2.45, 2.75) is 84.3 Å². The van der Waals surface area contributed by atoms with Crippen LogP contribution in [0.4, 0.5) is 4.79 Å². The van der Waals surface area contributed by atoms with Crippen LogP contribution in [0.2, 0.25) is 0 Å². The van der Waals surface area contributed by atoms with Gasteiger partial charge in [-0.2, -0.15) is 0 Å². The summed E-state index contributed by atoms with van der Waals surface area (Å²) in [5.74, 6) is 0. The van der Waals surface area contributed by atoms with Gasteiger partial charge in [0.2, 0.25) is 0 Å². The molecule has 0 N–H and O–H groups in total. The van der Waals surface area contributed by atoms with Gasteiger partial charge in [0.05, 0.1) is 11.2 Å². The summed E-state index contributed by atoms with van der Waals surface area (Å²) in [5, 5.41) is 0. The van der Waals surface area contributed by atoms with Crippen molar-refractivity contribution in [2.75, 3.05) is 19.6 Å². The summed E-state index contributed by atoms with van der Waals surface area (Å²) in [5.41, 5.74) is 0.00856. The number of rotatable bonds is 1. The van der Waals surface area contributed by atoms with Gasteiger partial charge in [-0.15, -0.1) is 0 Å². The predicted octanol–water partition coefficient (Wildman–Crippen LogP) is 2.87. The van der Waals surface area contributed by atoms with Crippen molar-refractivity contribution in [3.63, 3.8) is 0 Å². The van der Waals surface area contributed by atoms with Crippen LogP contribution in [0, 0.1) is 0 Å². The molecule has 0 aromatic carbocycles. The van der Waals surface area contributed by atoms with E-state index in [0.29, 0.717) is 6.54 Å². The maximum Gasteiger partial charge on any atom is 0.491 e. The fraction of sp³-hybridized carbons (Fsp3) is 0.842. The summed E-state index contributed by atoms with van der Waals surface area (Å²) in [6.45, 7) is 18.4. The standard InChI is InChI=1S/C19H33BN2O4/c1-13-10-21-11-14(20-25-18(5,6)19(7,8)26-20)9-15(21)12-22(13)16(23)24-17(2,3)4/h9,13,15H,10-12H2,1-8H3/t13-,15-/m0/s1. The number of hydrogen-bond donors (Lipinski definition) is 0. The second-order valence-corrected chi connectivity index (χ2v) is 9.81. The first-order valence-corrected chi connectivity index (χ1v) is 9.59. The Bertz CT molecular complexity index is 595. The highest BCUT2D eigenvalue weighted by molar-refractivity contribution is 6.55. The first-order valence-electron chi connectivity index (χ1n) is 9.59. The van der Waals surface area contributed by atoms with Gasteiger partial charge in [-0.1, -0.05) is 6.08 Å². The summed E-state index contributed by atoms with van der Waals surface area (Å²) in [6.07, 6.45) is 1.98. The lowest BCUT2D eigenvalue weighted by Crippen LogP contribution is -2.57. The van der Waals surface area contributed by atoms with E-state index in [9.17, 15) is 4.79 Å². The van der Waals surface area contributed by atoms with Gasteiger partial charge >= 0.3 is 13.2 Å². The molecule has 0 aliphatic carbocycles. The van der Waals surface area contributed by atoms with Crippen LogP contribution in [0.15, 0.2) is 11.5 Å². The van der Waals surface area contributed by atoms with Crippen molar-refractivity contribution in [2.24, 2.45) is 0 Å². The lowest BCUT2D eigenvalue weighted by atomic mass is 9.78. The molecule has 2 saturated heterocycles. The fourth-order valence-electron chi connectivity index (χ4n) is 3.67. The second kappa shape index (κ2) is 6.25. The molecule has 0 radical (unpaired) electrons. The molecular formula is C19H33BN2O4. The monoisotopic (exact) mass is 364 g/mol. The van der Waals surface area contributed by atoms with E-state index in [4.69, 9.17) is 14.0 Å². The Kier molecular flexibility index (Phi) is 4.73. The molecule has 26 heavy (non-hydrogen) atoms. The first kappa shape index (κ1) is 19.7. The molecule has 0 spiro atoms. The minimum absolute atomic E-state index is 0.118. The number of piperazine rings is 1. The fourth-order valence-corrected chi connectivity index (χ4v) is 3.67. The SMILES string of the molecule is C[C@H]1CN2CC(B3OC(C)(C)C(C)(C)O3)=C[C@H]2CN1C(=O)OC(C)(C)C. The van der Waals surface area contributed by atoms with Crippen molar-refractivity contribution >= 4 is 13.2 Å². The number of hydrogen-bond acceptors (Lipinski definition) is 5. The predicted molar refractivity (Wildman–Crippen MR) is 102 cm³/mol. The van der Waals surface area contributed by atoms with Crippen molar-refractivity contribution in [3.05, 3.63) is 11.5 Å². The van der Waals surface area contributed by atoms with Crippen molar-refractivity contribution in [1.82, 2.24) is 9.80 Å². The van der Waals surface area contributed by atoms with Gasteiger partial charge in [-0.3, -0.25) is 4.90 Å². The van der Waals surface area contributed by atoms with E-state index in [0.717, 1.165) is 18.6 Å². The van der Waals surface area contributed by atoms with Crippen molar-refractivity contribution in [1.29, 1.82) is 0 Å². The van der Waals surface area contributed by atoms with Crippen molar-refractivity contribution < 1.29 is 18.8 Å². The summed E-state index contributed by atoms with van der Waals surface area (Å²) >= 11 is 0. The molecule has 0 unspecified atom stereocenters. The summed E-state index contributed by atoms with van der Waals surface area (Å²) < 4.78 is 18.0. The molecule has 3 aliphatic rings. The van der Waals surface area contributed by atoms with Crippen LogP contribution in [0.25, 0.3) is 0 Å². The van der Waals surface area contributed by atoms with E-state index >= 15 is 0 Å². The van der Waals surface area contributed by atoms with Crippen LogP contribution in [0.1, 0.15) is 55.4 Å². The maximum atomic E-state index is 12.5. The second-order valence-electron chi connectivity index (χ2n) is 9.81. The van der Waals surface area contributed by atoms with E-state index < -0.39 is 5.60 Å². The molecule has 6 nitrogen and oxygen atoms in total. The zero-order valence-corrected chi connectivity index (χ0v) is 17.5. The van der Waals surface area contributed by atoms with Gasteiger partial charge in [0.25, 0.3) is 0 Å². The van der Waals surface area contributed by atoms with Crippen LogP contribution >= 0.6 is 0 Å². The number of carbonyl (C=O) groups excluding carboxylic acids is 1. The Balaban J connectivity index is 1.70. The zero-order valence-electron chi connectivity index (χ0n) is 17.5. The molecule has 3 rings (SSSR count). The highest BCUT2D eigenvalue weighted by Gasteiger charge is 2.54.